The summed E-state index contributed by atoms with van der Waals surface area (Å²) in [5, 5.41) is 12.3. The monoisotopic (exact) mass is 240 g/mol. The van der Waals surface area contributed by atoms with Gasteiger partial charge in [0.25, 0.3) is 0 Å². The smallest absolute Gasteiger partial charge is 0.222 e. The molecule has 98 valence electrons. The maximum absolute atomic E-state index is 11.9. The Bertz CT molecular complexity index is 275. The van der Waals surface area contributed by atoms with E-state index in [1.54, 1.807) is 0 Å². The molecule has 0 bridgehead atoms. The second-order valence-corrected chi connectivity index (χ2v) is 5.79. The number of rotatable bonds is 4. The Morgan fingerprint density at radius 2 is 2.00 bits per heavy atom. The minimum absolute atomic E-state index is 0.0692. The SMILES string of the molecule is NC1(CC(=O)NC2CCCC2CO)CCCC1. The Morgan fingerprint density at radius 3 is 2.65 bits per heavy atom. The molecule has 4 nitrogen and oxygen atoms in total. The molecule has 0 radical (unpaired) electrons. The first kappa shape index (κ1) is 12.8. The average molecular weight is 240 g/mol. The van der Waals surface area contributed by atoms with Gasteiger partial charge in [0.15, 0.2) is 0 Å². The van der Waals surface area contributed by atoms with Gasteiger partial charge in [-0.3, -0.25) is 4.79 Å². The van der Waals surface area contributed by atoms with Gasteiger partial charge in [0.1, 0.15) is 0 Å². The molecule has 1 amide bonds. The normalized spacial score (nSPS) is 31.6. The molecule has 2 aliphatic carbocycles. The highest BCUT2D eigenvalue weighted by Gasteiger charge is 2.34. The molecule has 2 saturated carbocycles. The van der Waals surface area contributed by atoms with Crippen molar-refractivity contribution in [1.29, 1.82) is 0 Å². The lowest BCUT2D eigenvalue weighted by atomic mass is 9.94. The van der Waals surface area contributed by atoms with E-state index >= 15 is 0 Å². The van der Waals surface area contributed by atoms with E-state index in [1.165, 1.54) is 0 Å². The van der Waals surface area contributed by atoms with E-state index < -0.39 is 0 Å². The van der Waals surface area contributed by atoms with Gasteiger partial charge in [0.05, 0.1) is 0 Å². The molecule has 2 aliphatic rings. The molecule has 2 unspecified atom stereocenters. The van der Waals surface area contributed by atoms with Gasteiger partial charge in [-0.2, -0.15) is 0 Å². The van der Waals surface area contributed by atoms with Gasteiger partial charge < -0.3 is 16.2 Å². The molecule has 0 aliphatic heterocycles. The van der Waals surface area contributed by atoms with Crippen molar-refractivity contribution in [3.63, 3.8) is 0 Å². The Balaban J connectivity index is 1.80. The fourth-order valence-corrected chi connectivity index (χ4v) is 3.28. The zero-order chi connectivity index (χ0) is 12.3. The van der Waals surface area contributed by atoms with Gasteiger partial charge in [-0.05, 0) is 25.7 Å². The first-order chi connectivity index (χ1) is 8.13. The van der Waals surface area contributed by atoms with Crippen molar-refractivity contribution in [3.8, 4) is 0 Å². The quantitative estimate of drug-likeness (QED) is 0.684. The van der Waals surface area contributed by atoms with E-state index in [4.69, 9.17) is 5.73 Å². The predicted octanol–water partition coefficient (Wildman–Crippen LogP) is 0.925. The third-order valence-corrected chi connectivity index (χ3v) is 4.35. The van der Waals surface area contributed by atoms with E-state index in [0.29, 0.717) is 6.42 Å². The van der Waals surface area contributed by atoms with Crippen molar-refractivity contribution in [2.75, 3.05) is 6.61 Å². The standard InChI is InChI=1S/C13H24N2O2/c14-13(6-1-2-7-13)8-12(17)15-11-5-3-4-10(11)9-16/h10-11,16H,1-9,14H2,(H,15,17). The number of carbonyl (C=O) groups is 1. The number of aliphatic hydroxyl groups excluding tert-OH is 1. The van der Waals surface area contributed by atoms with Crippen LogP contribution in [-0.4, -0.2) is 29.2 Å². The highest BCUT2D eigenvalue weighted by Crippen LogP contribution is 2.30. The highest BCUT2D eigenvalue weighted by molar-refractivity contribution is 5.77. The van der Waals surface area contributed by atoms with Gasteiger partial charge in [-0.25, -0.2) is 0 Å². The molecule has 2 atom stereocenters. The number of amides is 1. The van der Waals surface area contributed by atoms with Crippen molar-refractivity contribution in [1.82, 2.24) is 5.32 Å². The van der Waals surface area contributed by atoms with Crippen molar-refractivity contribution in [3.05, 3.63) is 0 Å². The van der Waals surface area contributed by atoms with Gasteiger partial charge in [0.2, 0.25) is 5.91 Å². The fraction of sp³-hybridized carbons (Fsp3) is 0.923. The average Bonchev–Trinajstić information content (AvgIpc) is 2.87. The van der Waals surface area contributed by atoms with Crippen molar-refractivity contribution < 1.29 is 9.90 Å². The number of hydrogen-bond donors (Lipinski definition) is 3. The zero-order valence-electron chi connectivity index (χ0n) is 10.5. The van der Waals surface area contributed by atoms with Crippen LogP contribution in [0.4, 0.5) is 0 Å². The molecule has 4 heteroatoms. The van der Waals surface area contributed by atoms with Crippen LogP contribution in [0.5, 0.6) is 0 Å². The number of carbonyl (C=O) groups excluding carboxylic acids is 1. The Hall–Kier alpha value is -0.610. The van der Waals surface area contributed by atoms with Gasteiger partial charge in [-0.1, -0.05) is 19.3 Å². The van der Waals surface area contributed by atoms with Crippen LogP contribution in [0, 0.1) is 5.92 Å². The van der Waals surface area contributed by atoms with Gasteiger partial charge in [-0.15, -0.1) is 0 Å². The Labute approximate surface area is 103 Å². The van der Waals surface area contributed by atoms with E-state index in [0.717, 1.165) is 44.9 Å². The zero-order valence-corrected chi connectivity index (χ0v) is 10.5. The summed E-state index contributed by atoms with van der Waals surface area (Å²) in [5.74, 6) is 0.316. The maximum Gasteiger partial charge on any atom is 0.222 e. The lowest BCUT2D eigenvalue weighted by Gasteiger charge is -2.25. The molecule has 0 spiro atoms. The van der Waals surface area contributed by atoms with Gasteiger partial charge >= 0.3 is 0 Å². The third kappa shape index (κ3) is 3.19. The fourth-order valence-electron chi connectivity index (χ4n) is 3.28. The molecular weight excluding hydrogens is 216 g/mol. The first-order valence-electron chi connectivity index (χ1n) is 6.82. The summed E-state index contributed by atoms with van der Waals surface area (Å²) < 4.78 is 0. The Kier molecular flexibility index (Phi) is 4.05. The summed E-state index contributed by atoms with van der Waals surface area (Å²) in [6, 6.07) is 0.164. The third-order valence-electron chi connectivity index (χ3n) is 4.35. The van der Waals surface area contributed by atoms with Crippen molar-refractivity contribution in [2.45, 2.75) is 62.9 Å². The summed E-state index contributed by atoms with van der Waals surface area (Å²) in [5.41, 5.74) is 5.92. The van der Waals surface area contributed by atoms with Crippen molar-refractivity contribution >= 4 is 5.91 Å². The van der Waals surface area contributed by atoms with Crippen LogP contribution in [0.1, 0.15) is 51.4 Å². The number of nitrogens with two attached hydrogens (primary N) is 1. The van der Waals surface area contributed by atoms with Crippen LogP contribution in [0.3, 0.4) is 0 Å². The predicted molar refractivity (Wildman–Crippen MR) is 66.4 cm³/mol. The van der Waals surface area contributed by atoms with E-state index in [1.807, 2.05) is 0 Å². The minimum Gasteiger partial charge on any atom is -0.396 e. The molecule has 0 aromatic heterocycles. The molecule has 17 heavy (non-hydrogen) atoms. The van der Waals surface area contributed by atoms with Crippen LogP contribution < -0.4 is 11.1 Å². The largest absolute Gasteiger partial charge is 0.396 e. The van der Waals surface area contributed by atoms with Crippen molar-refractivity contribution in [2.24, 2.45) is 11.7 Å². The molecule has 0 aromatic rings. The molecule has 0 saturated heterocycles. The molecule has 0 aromatic carbocycles. The van der Waals surface area contributed by atoms with Gasteiger partial charge in [0, 0.05) is 30.5 Å². The van der Waals surface area contributed by atoms with Crippen LogP contribution in [-0.2, 0) is 4.79 Å². The van der Waals surface area contributed by atoms with Crippen LogP contribution in [0.15, 0.2) is 0 Å². The number of hydrogen-bond acceptors (Lipinski definition) is 3. The second kappa shape index (κ2) is 5.36. The topological polar surface area (TPSA) is 75.4 Å². The van der Waals surface area contributed by atoms with Crippen LogP contribution in [0.2, 0.25) is 0 Å². The summed E-state index contributed by atoms with van der Waals surface area (Å²) in [7, 11) is 0. The Morgan fingerprint density at radius 1 is 1.29 bits per heavy atom. The van der Waals surface area contributed by atoms with E-state index in [2.05, 4.69) is 5.32 Å². The molecule has 2 fully saturated rings. The lowest BCUT2D eigenvalue weighted by Crippen LogP contribution is -2.45. The van der Waals surface area contributed by atoms with Crippen LogP contribution in [0.25, 0.3) is 0 Å². The lowest BCUT2D eigenvalue weighted by molar-refractivity contribution is -0.123. The second-order valence-electron chi connectivity index (χ2n) is 5.79. The highest BCUT2D eigenvalue weighted by atomic mass is 16.3. The maximum atomic E-state index is 11.9. The van der Waals surface area contributed by atoms with E-state index in [-0.39, 0.29) is 30.0 Å². The molecular formula is C13H24N2O2. The summed E-state index contributed by atoms with van der Waals surface area (Å²) in [6.07, 6.45) is 7.79. The van der Waals surface area contributed by atoms with Crippen LogP contribution >= 0.6 is 0 Å². The summed E-state index contributed by atoms with van der Waals surface area (Å²) >= 11 is 0. The molecule has 2 rings (SSSR count). The number of nitrogens with one attached hydrogen (secondary N) is 1. The number of aliphatic hydroxyl groups is 1. The summed E-state index contributed by atoms with van der Waals surface area (Å²) in [4.78, 5) is 11.9. The first-order valence-corrected chi connectivity index (χ1v) is 6.82. The molecule has 0 heterocycles. The van der Waals surface area contributed by atoms with E-state index in [9.17, 15) is 9.90 Å². The summed E-state index contributed by atoms with van der Waals surface area (Å²) in [6.45, 7) is 0.179. The molecule has 4 N–H and O–H groups in total. The minimum atomic E-state index is -0.266.